The van der Waals surface area contributed by atoms with E-state index in [0.717, 1.165) is 6.07 Å². The number of H-pyrrole nitrogens is 1. The van der Waals surface area contributed by atoms with Gasteiger partial charge in [0.2, 0.25) is 0 Å². The SMILES string of the molecule is CC(=O)c1ccc(NC(=O)c2cc([N+](=O)[O-])[nH]n2)cc1. The van der Waals surface area contributed by atoms with Crippen LogP contribution in [0.25, 0.3) is 0 Å². The molecule has 2 rings (SSSR count). The van der Waals surface area contributed by atoms with Gasteiger partial charge in [-0.1, -0.05) is 5.10 Å². The van der Waals surface area contributed by atoms with E-state index in [4.69, 9.17) is 0 Å². The fourth-order valence-corrected chi connectivity index (χ4v) is 1.50. The number of hydrogen-bond donors (Lipinski definition) is 2. The smallest absolute Gasteiger partial charge is 0.343 e. The third-order valence-corrected chi connectivity index (χ3v) is 2.54. The summed E-state index contributed by atoms with van der Waals surface area (Å²) in [6.07, 6.45) is 0. The van der Waals surface area contributed by atoms with Gasteiger partial charge in [-0.05, 0) is 36.1 Å². The van der Waals surface area contributed by atoms with E-state index in [2.05, 4.69) is 15.5 Å². The monoisotopic (exact) mass is 274 g/mol. The van der Waals surface area contributed by atoms with Gasteiger partial charge in [0, 0.05) is 11.3 Å². The Kier molecular flexibility index (Phi) is 3.56. The number of nitrogens with one attached hydrogen (secondary N) is 2. The fourth-order valence-electron chi connectivity index (χ4n) is 1.50. The summed E-state index contributed by atoms with van der Waals surface area (Å²) in [5, 5.41) is 18.7. The molecular weight excluding hydrogens is 264 g/mol. The summed E-state index contributed by atoms with van der Waals surface area (Å²) in [4.78, 5) is 32.7. The first-order valence-corrected chi connectivity index (χ1v) is 5.59. The van der Waals surface area contributed by atoms with E-state index < -0.39 is 10.8 Å². The minimum atomic E-state index is -0.675. The Bertz CT molecular complexity index is 675. The maximum absolute atomic E-state index is 11.8. The number of aromatic amines is 1. The lowest BCUT2D eigenvalue weighted by atomic mass is 10.1. The minimum absolute atomic E-state index is 0.0780. The van der Waals surface area contributed by atoms with Crippen LogP contribution in [0, 0.1) is 10.1 Å². The summed E-state index contributed by atoms with van der Waals surface area (Å²) >= 11 is 0. The second kappa shape index (κ2) is 5.31. The van der Waals surface area contributed by atoms with E-state index in [1.54, 1.807) is 24.3 Å². The summed E-state index contributed by atoms with van der Waals surface area (Å²) < 4.78 is 0. The van der Waals surface area contributed by atoms with Gasteiger partial charge >= 0.3 is 5.82 Å². The Labute approximate surface area is 113 Å². The van der Waals surface area contributed by atoms with Crippen molar-refractivity contribution in [1.29, 1.82) is 0 Å². The number of aromatic nitrogens is 2. The molecule has 8 nitrogen and oxygen atoms in total. The second-order valence-corrected chi connectivity index (χ2v) is 3.98. The summed E-state index contributed by atoms with van der Waals surface area (Å²) in [6, 6.07) is 7.32. The predicted molar refractivity (Wildman–Crippen MR) is 69.6 cm³/mol. The van der Waals surface area contributed by atoms with Crippen molar-refractivity contribution >= 4 is 23.2 Å². The van der Waals surface area contributed by atoms with Gasteiger partial charge in [0.15, 0.2) is 11.5 Å². The highest BCUT2D eigenvalue weighted by Gasteiger charge is 2.16. The zero-order chi connectivity index (χ0) is 14.7. The van der Waals surface area contributed by atoms with Gasteiger partial charge < -0.3 is 15.4 Å². The summed E-state index contributed by atoms with van der Waals surface area (Å²) in [7, 11) is 0. The summed E-state index contributed by atoms with van der Waals surface area (Å²) in [5.41, 5.74) is 0.899. The fraction of sp³-hybridized carbons (Fsp3) is 0.0833. The highest BCUT2D eigenvalue weighted by atomic mass is 16.6. The number of carbonyl (C=O) groups excluding carboxylic acids is 2. The number of amides is 1. The maximum Gasteiger partial charge on any atom is 0.343 e. The highest BCUT2D eigenvalue weighted by molar-refractivity contribution is 6.03. The molecule has 2 N–H and O–H groups in total. The van der Waals surface area contributed by atoms with Crippen LogP contribution in [0.3, 0.4) is 0 Å². The van der Waals surface area contributed by atoms with E-state index in [1.807, 2.05) is 0 Å². The second-order valence-electron chi connectivity index (χ2n) is 3.98. The molecule has 0 aliphatic rings. The zero-order valence-electron chi connectivity index (χ0n) is 10.4. The first-order valence-electron chi connectivity index (χ1n) is 5.59. The number of Topliss-reactive ketones (excluding diaryl/α,β-unsaturated/α-hetero) is 1. The van der Waals surface area contributed by atoms with Crippen LogP contribution in [0.1, 0.15) is 27.8 Å². The first kappa shape index (κ1) is 13.4. The maximum atomic E-state index is 11.8. The van der Waals surface area contributed by atoms with Gasteiger partial charge in [-0.2, -0.15) is 0 Å². The van der Waals surface area contributed by atoms with Gasteiger partial charge in [-0.25, -0.2) is 0 Å². The zero-order valence-corrected chi connectivity index (χ0v) is 10.4. The van der Waals surface area contributed by atoms with Gasteiger partial charge in [0.25, 0.3) is 5.91 Å². The minimum Gasteiger partial charge on any atom is -0.358 e. The molecule has 1 amide bonds. The number of hydrogen-bond acceptors (Lipinski definition) is 5. The average Bonchev–Trinajstić information content (AvgIpc) is 2.89. The first-order chi connectivity index (χ1) is 9.47. The van der Waals surface area contributed by atoms with Crippen molar-refractivity contribution in [1.82, 2.24) is 10.2 Å². The van der Waals surface area contributed by atoms with Crippen LogP contribution in [0.4, 0.5) is 11.5 Å². The lowest BCUT2D eigenvalue weighted by Crippen LogP contribution is -2.12. The molecule has 102 valence electrons. The Morgan fingerprint density at radius 1 is 1.30 bits per heavy atom. The summed E-state index contributed by atoms with van der Waals surface area (Å²) in [5.74, 6) is -1.02. The Morgan fingerprint density at radius 3 is 2.45 bits per heavy atom. The van der Waals surface area contributed by atoms with E-state index >= 15 is 0 Å². The standard InChI is InChI=1S/C12H10N4O4/c1-7(17)8-2-4-9(5-3-8)13-12(18)10-6-11(15-14-10)16(19)20/h2-6H,1H3,(H,13,18)(H,14,15). The quantitative estimate of drug-likeness (QED) is 0.500. The van der Waals surface area contributed by atoms with Crippen LogP contribution in [0.2, 0.25) is 0 Å². The number of rotatable bonds is 4. The predicted octanol–water partition coefficient (Wildman–Crippen LogP) is 1.77. The molecule has 0 fully saturated rings. The van der Waals surface area contributed by atoms with Gasteiger partial charge in [-0.3, -0.25) is 9.59 Å². The topological polar surface area (TPSA) is 118 Å². The van der Waals surface area contributed by atoms with Crippen LogP contribution in [-0.4, -0.2) is 26.8 Å². The molecular formula is C12H10N4O4. The molecule has 2 aromatic rings. The van der Waals surface area contributed by atoms with Crippen LogP contribution in [0.15, 0.2) is 30.3 Å². The van der Waals surface area contributed by atoms with Crippen molar-refractivity contribution in [3.05, 3.63) is 51.7 Å². The van der Waals surface area contributed by atoms with Gasteiger partial charge in [0.1, 0.15) is 0 Å². The Hall–Kier alpha value is -3.03. The molecule has 0 unspecified atom stereocenters. The molecule has 1 aromatic heterocycles. The van der Waals surface area contributed by atoms with Crippen LogP contribution >= 0.6 is 0 Å². The molecule has 1 aromatic carbocycles. The lowest BCUT2D eigenvalue weighted by molar-refractivity contribution is -0.389. The molecule has 0 saturated carbocycles. The van der Waals surface area contributed by atoms with Crippen molar-refractivity contribution in [2.24, 2.45) is 0 Å². The molecule has 0 radical (unpaired) electrons. The number of nitro groups is 1. The van der Waals surface area contributed by atoms with Crippen molar-refractivity contribution in [3.63, 3.8) is 0 Å². The van der Waals surface area contributed by atoms with E-state index in [0.29, 0.717) is 11.3 Å². The number of ketones is 1. The largest absolute Gasteiger partial charge is 0.358 e. The van der Waals surface area contributed by atoms with Crippen LogP contribution in [-0.2, 0) is 0 Å². The normalized spacial score (nSPS) is 10.1. The third-order valence-electron chi connectivity index (χ3n) is 2.54. The lowest BCUT2D eigenvalue weighted by Gasteiger charge is -2.03. The van der Waals surface area contributed by atoms with E-state index in [-0.39, 0.29) is 17.3 Å². The molecule has 0 aliphatic carbocycles. The number of benzene rings is 1. The average molecular weight is 274 g/mol. The van der Waals surface area contributed by atoms with Crippen LogP contribution in [0.5, 0.6) is 0 Å². The van der Waals surface area contributed by atoms with E-state index in [9.17, 15) is 19.7 Å². The molecule has 0 bridgehead atoms. The molecule has 20 heavy (non-hydrogen) atoms. The Morgan fingerprint density at radius 2 is 1.95 bits per heavy atom. The van der Waals surface area contributed by atoms with Crippen molar-refractivity contribution in [3.8, 4) is 0 Å². The van der Waals surface area contributed by atoms with Crippen LogP contribution < -0.4 is 5.32 Å². The van der Waals surface area contributed by atoms with Crippen molar-refractivity contribution in [2.45, 2.75) is 6.92 Å². The number of nitrogens with zero attached hydrogens (tertiary/aromatic N) is 2. The molecule has 0 atom stereocenters. The Balaban J connectivity index is 2.10. The third kappa shape index (κ3) is 2.86. The van der Waals surface area contributed by atoms with E-state index in [1.165, 1.54) is 6.92 Å². The number of carbonyl (C=O) groups is 2. The molecule has 0 spiro atoms. The van der Waals surface area contributed by atoms with Crippen molar-refractivity contribution < 1.29 is 14.5 Å². The van der Waals surface area contributed by atoms with Gasteiger partial charge in [-0.15, -0.1) is 5.10 Å². The summed E-state index contributed by atoms with van der Waals surface area (Å²) in [6.45, 7) is 1.44. The molecule has 0 saturated heterocycles. The number of anilines is 1. The molecule has 8 heteroatoms. The van der Waals surface area contributed by atoms with Gasteiger partial charge in [0.05, 0.1) is 6.07 Å². The molecule has 0 aliphatic heterocycles. The highest BCUT2D eigenvalue weighted by Crippen LogP contribution is 2.13. The molecule has 1 heterocycles. The van der Waals surface area contributed by atoms with Crippen molar-refractivity contribution in [2.75, 3.05) is 5.32 Å².